The summed E-state index contributed by atoms with van der Waals surface area (Å²) in [7, 11) is 1.27. The molecule has 2 heterocycles. The first-order valence-corrected chi connectivity index (χ1v) is 12.0. The molecular weight excluding hydrogens is 570 g/mol. The molecule has 0 amide bonds. The molecule has 184 valence electrons. The van der Waals surface area contributed by atoms with E-state index in [1.807, 2.05) is 6.07 Å². The van der Waals surface area contributed by atoms with Gasteiger partial charge < -0.3 is 43.6 Å². The van der Waals surface area contributed by atoms with Crippen molar-refractivity contribution in [2.75, 3.05) is 46.8 Å². The average Bonchev–Trinajstić information content (AvgIpc) is 3.18. The number of aliphatic hydroxyl groups excluding tert-OH is 2. The quantitative estimate of drug-likeness (QED) is 0.250. The van der Waals surface area contributed by atoms with Gasteiger partial charge >= 0.3 is 5.97 Å². The first-order chi connectivity index (χ1) is 15.9. The van der Waals surface area contributed by atoms with Crippen molar-refractivity contribution in [1.29, 1.82) is 0 Å². The van der Waals surface area contributed by atoms with Gasteiger partial charge in [-0.1, -0.05) is 0 Å². The van der Waals surface area contributed by atoms with Crippen molar-refractivity contribution in [3.8, 4) is 11.5 Å². The summed E-state index contributed by atoms with van der Waals surface area (Å²) >= 11 is 7.11. The van der Waals surface area contributed by atoms with Crippen molar-refractivity contribution in [2.45, 2.75) is 31.3 Å². The van der Waals surface area contributed by atoms with Crippen LogP contribution in [0, 0.1) is 0 Å². The third kappa shape index (κ3) is 7.04. The molecule has 1 aliphatic rings. The number of rotatable bonds is 12. The molecule has 1 aliphatic heterocycles. The molecule has 2 aromatic rings. The van der Waals surface area contributed by atoms with Gasteiger partial charge in [0.05, 0.1) is 66.1 Å². The molecule has 0 aliphatic carbocycles. The number of ether oxygens (including phenoxy) is 6. The second-order valence-electron chi connectivity index (χ2n) is 7.19. The van der Waals surface area contributed by atoms with E-state index in [0.717, 1.165) is 15.4 Å². The standard InChI is InChI=1S/C21H27Br2NO9/c1-28-21(27)15-8-12(26)9-17(32-15)33-16-11-24-14-10-13(22)20(19(23)18(14)16)31-7-6-30-5-4-29-3-2-25/h10-12,15,17,24-26H,2-9H2,1H3. The highest BCUT2D eigenvalue weighted by molar-refractivity contribution is 9.11. The fourth-order valence-corrected chi connectivity index (χ4v) is 4.89. The zero-order valence-corrected chi connectivity index (χ0v) is 21.2. The number of halogens is 2. The van der Waals surface area contributed by atoms with Crippen molar-refractivity contribution in [1.82, 2.24) is 4.98 Å². The number of benzene rings is 1. The van der Waals surface area contributed by atoms with E-state index < -0.39 is 24.5 Å². The Labute approximate surface area is 207 Å². The third-order valence-corrected chi connectivity index (χ3v) is 6.20. The second kappa shape index (κ2) is 12.9. The van der Waals surface area contributed by atoms with E-state index in [4.69, 9.17) is 33.5 Å². The van der Waals surface area contributed by atoms with Gasteiger partial charge in [0.25, 0.3) is 0 Å². The van der Waals surface area contributed by atoms with Gasteiger partial charge in [0.1, 0.15) is 18.1 Å². The number of carbonyl (C=O) groups excluding carboxylic acids is 1. The van der Waals surface area contributed by atoms with Gasteiger partial charge in [0.2, 0.25) is 6.29 Å². The number of aromatic nitrogens is 1. The van der Waals surface area contributed by atoms with Crippen LogP contribution in [-0.2, 0) is 23.7 Å². The lowest BCUT2D eigenvalue weighted by Gasteiger charge is -2.31. The highest BCUT2D eigenvalue weighted by Gasteiger charge is 2.35. The molecule has 1 fully saturated rings. The SMILES string of the molecule is COC(=O)C1CC(O)CC(Oc2c[nH]c3cc(Br)c(OCCOCCOCCO)c(Br)c23)O1. The van der Waals surface area contributed by atoms with Gasteiger partial charge in [-0.15, -0.1) is 0 Å². The van der Waals surface area contributed by atoms with Gasteiger partial charge in [-0.25, -0.2) is 4.79 Å². The summed E-state index contributed by atoms with van der Waals surface area (Å²) in [4.78, 5) is 15.0. The lowest BCUT2D eigenvalue weighted by molar-refractivity contribution is -0.197. The molecule has 12 heteroatoms. The molecule has 0 bridgehead atoms. The van der Waals surface area contributed by atoms with Crippen LogP contribution in [0.5, 0.6) is 11.5 Å². The van der Waals surface area contributed by atoms with Crippen LogP contribution in [0.15, 0.2) is 21.2 Å². The van der Waals surface area contributed by atoms with Crippen LogP contribution in [-0.4, -0.2) is 86.4 Å². The highest BCUT2D eigenvalue weighted by atomic mass is 79.9. The van der Waals surface area contributed by atoms with E-state index in [1.54, 1.807) is 6.20 Å². The Morgan fingerprint density at radius 3 is 2.64 bits per heavy atom. The van der Waals surface area contributed by atoms with Crippen LogP contribution in [0.3, 0.4) is 0 Å². The minimum Gasteiger partial charge on any atom is -0.489 e. The van der Waals surface area contributed by atoms with Crippen LogP contribution in [0.2, 0.25) is 0 Å². The Morgan fingerprint density at radius 1 is 1.18 bits per heavy atom. The number of methoxy groups -OCH3 is 1. The second-order valence-corrected chi connectivity index (χ2v) is 8.84. The van der Waals surface area contributed by atoms with Crippen LogP contribution >= 0.6 is 31.9 Å². The van der Waals surface area contributed by atoms with Crippen LogP contribution < -0.4 is 9.47 Å². The monoisotopic (exact) mass is 595 g/mol. The van der Waals surface area contributed by atoms with Gasteiger partial charge in [-0.3, -0.25) is 0 Å². The van der Waals surface area contributed by atoms with Crippen LogP contribution in [0.25, 0.3) is 10.9 Å². The topological polar surface area (TPSA) is 129 Å². The maximum atomic E-state index is 11.8. The number of esters is 1. The molecule has 3 rings (SSSR count). The predicted octanol–water partition coefficient (Wildman–Crippen LogP) is 2.52. The minimum absolute atomic E-state index is 0.0161. The Morgan fingerprint density at radius 2 is 1.91 bits per heavy atom. The predicted molar refractivity (Wildman–Crippen MR) is 124 cm³/mol. The summed E-state index contributed by atoms with van der Waals surface area (Å²) in [5, 5.41) is 19.5. The lowest BCUT2D eigenvalue weighted by Crippen LogP contribution is -2.42. The van der Waals surface area contributed by atoms with Crippen molar-refractivity contribution in [2.24, 2.45) is 0 Å². The number of carbonyl (C=O) groups is 1. The molecule has 0 radical (unpaired) electrons. The summed E-state index contributed by atoms with van der Waals surface area (Å²) in [6, 6.07) is 1.86. The van der Waals surface area contributed by atoms with Crippen LogP contribution in [0.4, 0.5) is 0 Å². The number of nitrogens with one attached hydrogen (secondary N) is 1. The van der Waals surface area contributed by atoms with Crippen molar-refractivity contribution in [3.63, 3.8) is 0 Å². The Hall–Kier alpha value is -1.41. The van der Waals surface area contributed by atoms with E-state index in [2.05, 4.69) is 36.8 Å². The van der Waals surface area contributed by atoms with Crippen molar-refractivity contribution >= 4 is 48.7 Å². The number of hydrogen-bond donors (Lipinski definition) is 3. The van der Waals surface area contributed by atoms with Gasteiger partial charge in [0, 0.05) is 19.0 Å². The number of fused-ring (bicyclic) bond motifs is 1. The lowest BCUT2D eigenvalue weighted by atomic mass is 10.1. The van der Waals surface area contributed by atoms with E-state index in [0.29, 0.717) is 42.4 Å². The van der Waals surface area contributed by atoms with Gasteiger partial charge in [-0.05, 0) is 37.9 Å². The summed E-state index contributed by atoms with van der Waals surface area (Å²) in [5.41, 5.74) is 0.786. The first-order valence-electron chi connectivity index (χ1n) is 10.4. The van der Waals surface area contributed by atoms with E-state index in [9.17, 15) is 9.90 Å². The van der Waals surface area contributed by atoms with E-state index >= 15 is 0 Å². The molecule has 1 saturated heterocycles. The molecular formula is C21H27Br2NO9. The third-order valence-electron chi connectivity index (χ3n) is 4.85. The summed E-state index contributed by atoms with van der Waals surface area (Å²) in [6.45, 7) is 1.74. The molecule has 3 unspecified atom stereocenters. The van der Waals surface area contributed by atoms with E-state index in [-0.39, 0.29) is 26.1 Å². The summed E-state index contributed by atoms with van der Waals surface area (Å²) in [6.07, 6.45) is -0.401. The van der Waals surface area contributed by atoms with Gasteiger partial charge in [-0.2, -0.15) is 0 Å². The normalized spacial score (nSPS) is 20.7. The number of hydrogen-bond acceptors (Lipinski definition) is 9. The molecule has 0 spiro atoms. The summed E-state index contributed by atoms with van der Waals surface area (Å²) in [5.74, 6) is 0.502. The molecule has 3 N–H and O–H groups in total. The van der Waals surface area contributed by atoms with Crippen molar-refractivity contribution in [3.05, 3.63) is 21.2 Å². The Kier molecular flexibility index (Phi) is 10.2. The Balaban J connectivity index is 1.65. The first kappa shape index (κ1) is 26.2. The zero-order valence-electron chi connectivity index (χ0n) is 18.1. The largest absolute Gasteiger partial charge is 0.489 e. The van der Waals surface area contributed by atoms with Gasteiger partial charge in [0.15, 0.2) is 6.10 Å². The molecule has 1 aromatic heterocycles. The molecule has 10 nitrogen and oxygen atoms in total. The summed E-state index contributed by atoms with van der Waals surface area (Å²) < 4.78 is 34.3. The zero-order chi connectivity index (χ0) is 23.8. The number of aromatic amines is 1. The smallest absolute Gasteiger partial charge is 0.335 e. The molecule has 33 heavy (non-hydrogen) atoms. The Bertz CT molecular complexity index is 923. The van der Waals surface area contributed by atoms with E-state index in [1.165, 1.54) is 7.11 Å². The maximum absolute atomic E-state index is 11.8. The number of aliphatic hydroxyl groups is 2. The fourth-order valence-electron chi connectivity index (χ4n) is 3.35. The molecule has 1 aromatic carbocycles. The average molecular weight is 597 g/mol. The highest BCUT2D eigenvalue weighted by Crippen LogP contribution is 2.44. The molecule has 3 atom stereocenters. The molecule has 0 saturated carbocycles. The minimum atomic E-state index is -0.889. The fraction of sp³-hybridized carbons (Fsp3) is 0.571. The maximum Gasteiger partial charge on any atom is 0.335 e. The van der Waals surface area contributed by atoms with Crippen molar-refractivity contribution < 1.29 is 43.4 Å². The number of H-pyrrole nitrogens is 1. The van der Waals surface area contributed by atoms with Crippen LogP contribution in [0.1, 0.15) is 12.8 Å².